The molecule has 3 saturated heterocycles. The third-order valence-corrected chi connectivity index (χ3v) is 5.27. The Kier molecular flexibility index (Phi) is 5.75. The second kappa shape index (κ2) is 7.89. The molecule has 1 aromatic rings. The number of nitrogens with zero attached hydrogens (tertiary/aromatic N) is 2. The maximum absolute atomic E-state index is 13.1. The van der Waals surface area contributed by atoms with E-state index >= 15 is 0 Å². The summed E-state index contributed by atoms with van der Waals surface area (Å²) in [5.74, 6) is 0.0236. The van der Waals surface area contributed by atoms with Crippen LogP contribution >= 0.6 is 0 Å². The molecule has 1 unspecified atom stereocenters. The van der Waals surface area contributed by atoms with Crippen molar-refractivity contribution < 1.29 is 19.1 Å². The van der Waals surface area contributed by atoms with Crippen LogP contribution in [0.3, 0.4) is 0 Å². The fourth-order valence-electron chi connectivity index (χ4n) is 3.85. The van der Waals surface area contributed by atoms with E-state index in [1.807, 2.05) is 51.1 Å². The number of fused-ring (bicyclic) bond motifs is 3. The molecule has 3 heterocycles. The molecule has 3 aliphatic heterocycles. The van der Waals surface area contributed by atoms with Crippen molar-refractivity contribution in [1.82, 2.24) is 9.80 Å². The van der Waals surface area contributed by atoms with Crippen LogP contribution in [-0.2, 0) is 14.3 Å². The van der Waals surface area contributed by atoms with Gasteiger partial charge in [-0.25, -0.2) is 9.59 Å². The molecule has 1 amide bonds. The summed E-state index contributed by atoms with van der Waals surface area (Å²) in [6.07, 6.45) is 1.49. The molecule has 27 heavy (non-hydrogen) atoms. The van der Waals surface area contributed by atoms with Gasteiger partial charge < -0.3 is 9.47 Å². The lowest BCUT2D eigenvalue weighted by Gasteiger charge is -2.44. The van der Waals surface area contributed by atoms with E-state index in [0.717, 1.165) is 38.0 Å². The number of esters is 1. The highest BCUT2D eigenvalue weighted by molar-refractivity contribution is 5.83. The highest BCUT2D eigenvalue weighted by Crippen LogP contribution is 2.32. The Morgan fingerprint density at radius 3 is 2.30 bits per heavy atom. The number of hydrogen-bond acceptors (Lipinski definition) is 5. The maximum atomic E-state index is 13.1. The van der Waals surface area contributed by atoms with Crippen molar-refractivity contribution >= 4 is 12.1 Å². The van der Waals surface area contributed by atoms with E-state index in [1.54, 1.807) is 7.05 Å². The second-order valence-corrected chi connectivity index (χ2v) is 8.52. The molecule has 2 atom stereocenters. The van der Waals surface area contributed by atoms with Crippen LogP contribution in [0.2, 0.25) is 0 Å². The molecule has 6 nitrogen and oxygen atoms in total. The van der Waals surface area contributed by atoms with E-state index in [-0.39, 0.29) is 6.10 Å². The Labute approximate surface area is 161 Å². The number of ether oxygens (including phenoxy) is 2. The van der Waals surface area contributed by atoms with Crippen LogP contribution in [0.1, 0.15) is 45.2 Å². The molecule has 0 aromatic heterocycles. The van der Waals surface area contributed by atoms with Crippen molar-refractivity contribution in [2.45, 2.75) is 51.4 Å². The molecule has 0 N–H and O–H groups in total. The number of piperidine rings is 3. The summed E-state index contributed by atoms with van der Waals surface area (Å²) in [5, 5.41) is 0. The first-order chi connectivity index (χ1) is 12.7. The first-order valence-electron chi connectivity index (χ1n) is 9.68. The summed E-state index contributed by atoms with van der Waals surface area (Å²) in [6.45, 7) is 8.37. The fraction of sp³-hybridized carbons (Fsp3) is 0.619. The van der Waals surface area contributed by atoms with Gasteiger partial charge in [0.15, 0.2) is 6.04 Å². The summed E-state index contributed by atoms with van der Waals surface area (Å²) in [4.78, 5) is 29.4. The van der Waals surface area contributed by atoms with Gasteiger partial charge in [0, 0.05) is 13.6 Å². The number of carbonyl (C=O) groups is 2. The Morgan fingerprint density at radius 1 is 1.15 bits per heavy atom. The molecule has 6 heteroatoms. The summed E-state index contributed by atoms with van der Waals surface area (Å²) in [5.41, 5.74) is 0.0869. The van der Waals surface area contributed by atoms with Crippen LogP contribution in [0, 0.1) is 5.92 Å². The van der Waals surface area contributed by atoms with Crippen LogP contribution in [0.5, 0.6) is 0 Å². The minimum atomic E-state index is -0.823. The molecule has 0 radical (unpaired) electrons. The summed E-state index contributed by atoms with van der Waals surface area (Å²) < 4.78 is 11.4. The van der Waals surface area contributed by atoms with Gasteiger partial charge in [-0.15, -0.1) is 0 Å². The number of hydrogen-bond donors (Lipinski definition) is 0. The van der Waals surface area contributed by atoms with Crippen LogP contribution in [-0.4, -0.2) is 60.2 Å². The van der Waals surface area contributed by atoms with E-state index < -0.39 is 23.7 Å². The average Bonchev–Trinajstić information content (AvgIpc) is 2.62. The van der Waals surface area contributed by atoms with Gasteiger partial charge in [-0.05, 0) is 58.2 Å². The quantitative estimate of drug-likeness (QED) is 0.758. The second-order valence-electron chi connectivity index (χ2n) is 8.52. The van der Waals surface area contributed by atoms with Crippen LogP contribution in [0.15, 0.2) is 30.3 Å². The van der Waals surface area contributed by atoms with Gasteiger partial charge in [0.05, 0.1) is 0 Å². The first-order valence-corrected chi connectivity index (χ1v) is 9.68. The number of carbonyl (C=O) groups excluding carboxylic acids is 2. The normalized spacial score (nSPS) is 25.6. The Balaban J connectivity index is 1.77. The van der Waals surface area contributed by atoms with Gasteiger partial charge in [-0.1, -0.05) is 30.3 Å². The van der Waals surface area contributed by atoms with Gasteiger partial charge in [0.1, 0.15) is 11.7 Å². The smallest absolute Gasteiger partial charge is 0.411 e. The lowest BCUT2D eigenvalue weighted by Crippen LogP contribution is -2.52. The molecule has 3 aliphatic rings. The Bertz CT molecular complexity index is 663. The maximum Gasteiger partial charge on any atom is 0.411 e. The van der Waals surface area contributed by atoms with Gasteiger partial charge in [-0.3, -0.25) is 9.80 Å². The zero-order valence-corrected chi connectivity index (χ0v) is 16.7. The van der Waals surface area contributed by atoms with Crippen molar-refractivity contribution in [2.24, 2.45) is 5.92 Å². The highest BCUT2D eigenvalue weighted by Gasteiger charge is 2.39. The fourth-order valence-corrected chi connectivity index (χ4v) is 3.85. The highest BCUT2D eigenvalue weighted by atomic mass is 16.6. The van der Waals surface area contributed by atoms with E-state index in [1.165, 1.54) is 4.90 Å². The molecule has 148 valence electrons. The number of rotatable bonds is 4. The lowest BCUT2D eigenvalue weighted by molar-refractivity contribution is -0.164. The standard InChI is InChI=1S/C21H30N2O4/c1-21(2,3)27-20(25)22(4)18(16-8-6-5-7-9-16)19(24)26-17-14-23-12-10-15(17)11-13-23/h5-9,15,17-18H,10-14H2,1-4H3/t17-,18?/m0/s1. The minimum absolute atomic E-state index is 0.0988. The van der Waals surface area contributed by atoms with E-state index in [2.05, 4.69) is 4.90 Å². The Morgan fingerprint density at radius 2 is 1.78 bits per heavy atom. The molecule has 3 fully saturated rings. The molecule has 0 spiro atoms. The van der Waals surface area contributed by atoms with Gasteiger partial charge in [0.2, 0.25) is 0 Å². The number of amides is 1. The van der Waals surface area contributed by atoms with E-state index in [4.69, 9.17) is 9.47 Å². The van der Waals surface area contributed by atoms with Crippen molar-refractivity contribution in [2.75, 3.05) is 26.7 Å². The molecular weight excluding hydrogens is 344 g/mol. The lowest BCUT2D eigenvalue weighted by atomic mass is 9.86. The van der Waals surface area contributed by atoms with Crippen molar-refractivity contribution in [3.63, 3.8) is 0 Å². The van der Waals surface area contributed by atoms with Crippen LogP contribution in [0.25, 0.3) is 0 Å². The van der Waals surface area contributed by atoms with Crippen molar-refractivity contribution in [3.05, 3.63) is 35.9 Å². The molecule has 0 saturated carbocycles. The Hall–Kier alpha value is -2.08. The zero-order valence-electron chi connectivity index (χ0n) is 16.7. The van der Waals surface area contributed by atoms with Crippen LogP contribution < -0.4 is 0 Å². The predicted molar refractivity (Wildman–Crippen MR) is 102 cm³/mol. The van der Waals surface area contributed by atoms with Crippen LogP contribution in [0.4, 0.5) is 4.79 Å². The zero-order chi connectivity index (χ0) is 19.6. The van der Waals surface area contributed by atoms with Gasteiger partial charge in [-0.2, -0.15) is 0 Å². The number of benzene rings is 1. The molecule has 2 bridgehead atoms. The van der Waals surface area contributed by atoms with Crippen molar-refractivity contribution in [3.8, 4) is 0 Å². The van der Waals surface area contributed by atoms with Gasteiger partial charge in [0.25, 0.3) is 0 Å². The monoisotopic (exact) mass is 374 g/mol. The third-order valence-electron chi connectivity index (χ3n) is 5.27. The molecule has 0 aliphatic carbocycles. The summed E-state index contributed by atoms with van der Waals surface area (Å²) in [7, 11) is 1.59. The first kappa shape index (κ1) is 19.7. The van der Waals surface area contributed by atoms with E-state index in [0.29, 0.717) is 5.92 Å². The summed E-state index contributed by atoms with van der Waals surface area (Å²) in [6, 6.07) is 8.44. The number of likely N-dealkylation sites (N-methyl/N-ethyl adjacent to an activating group) is 1. The molecular formula is C21H30N2O4. The molecule has 1 aromatic carbocycles. The summed E-state index contributed by atoms with van der Waals surface area (Å²) >= 11 is 0. The SMILES string of the molecule is CN(C(=O)OC(C)(C)C)C(C(=O)O[C@H]1CN2CCC1CC2)c1ccccc1. The third kappa shape index (κ3) is 4.80. The minimum Gasteiger partial charge on any atom is -0.459 e. The van der Waals surface area contributed by atoms with Crippen molar-refractivity contribution in [1.29, 1.82) is 0 Å². The predicted octanol–water partition coefficient (Wildman–Crippen LogP) is 3.23. The van der Waals surface area contributed by atoms with Gasteiger partial charge >= 0.3 is 12.1 Å². The largest absolute Gasteiger partial charge is 0.459 e. The average molecular weight is 374 g/mol. The van der Waals surface area contributed by atoms with E-state index in [9.17, 15) is 9.59 Å². The topological polar surface area (TPSA) is 59.1 Å². The molecule has 4 rings (SSSR count).